The Hall–Kier alpha value is 0.851. The summed E-state index contributed by atoms with van der Waals surface area (Å²) in [6.45, 7) is 7.43. The lowest BCUT2D eigenvalue weighted by molar-refractivity contribution is 0.122. The van der Waals surface area contributed by atoms with Gasteiger partial charge < -0.3 is 92.1 Å². The molecule has 0 aromatic rings. The van der Waals surface area contributed by atoms with Crippen LogP contribution >= 0.6 is 11.8 Å². The number of rotatable bonds is 50. The van der Waals surface area contributed by atoms with Gasteiger partial charge in [0.1, 0.15) is 0 Å². The summed E-state index contributed by atoms with van der Waals surface area (Å²) >= 11 is 2.09. The van der Waals surface area contributed by atoms with Gasteiger partial charge in [-0.2, -0.15) is 0 Å². The molecular formula is C42H100N4O16SSi6. The highest BCUT2D eigenvalue weighted by Crippen LogP contribution is 2.50. The highest BCUT2D eigenvalue weighted by atomic mass is 32.2. The molecule has 27 heteroatoms. The van der Waals surface area contributed by atoms with Crippen LogP contribution in [0.15, 0.2) is 0 Å². The lowest BCUT2D eigenvalue weighted by Gasteiger charge is -2.51. The van der Waals surface area contributed by atoms with E-state index >= 15 is 0 Å². The first-order valence-electron chi connectivity index (χ1n) is 24.3. The monoisotopic (exact) mass is 1120 g/mol. The van der Waals surface area contributed by atoms with Crippen molar-refractivity contribution in [2.45, 2.75) is 136 Å². The lowest BCUT2D eigenvalue weighted by Crippen LogP contribution is -2.63. The van der Waals surface area contributed by atoms with Crippen molar-refractivity contribution in [3.05, 3.63) is 0 Å². The third-order valence-electron chi connectivity index (χ3n) is 13.3. The van der Waals surface area contributed by atoms with E-state index in [4.69, 9.17) is 70.8 Å². The zero-order valence-electron chi connectivity index (χ0n) is 46.2. The van der Waals surface area contributed by atoms with Crippen molar-refractivity contribution in [2.75, 3.05) is 140 Å². The van der Waals surface area contributed by atoms with Gasteiger partial charge in [-0.3, -0.25) is 0 Å². The van der Waals surface area contributed by atoms with Crippen molar-refractivity contribution < 1.29 is 70.8 Å². The average Bonchev–Trinajstić information content (AvgIpc) is 3.40. The molecule has 2 radical (unpaired) electrons. The van der Waals surface area contributed by atoms with Crippen molar-refractivity contribution in [1.82, 2.24) is 21.3 Å². The van der Waals surface area contributed by atoms with E-state index < -0.39 is 53.8 Å². The molecule has 0 aliphatic carbocycles. The minimum absolute atomic E-state index is 0.140. The molecule has 0 heterocycles. The maximum Gasteiger partial charge on any atom is 0.500 e. The molecule has 0 saturated carbocycles. The van der Waals surface area contributed by atoms with E-state index in [-0.39, 0.29) is 21.8 Å². The fraction of sp³-hybridized carbons (Fsp3) is 1.00. The first-order chi connectivity index (χ1) is 33.2. The highest BCUT2D eigenvalue weighted by Gasteiger charge is 2.49. The van der Waals surface area contributed by atoms with Gasteiger partial charge in [-0.25, -0.2) is 0 Å². The summed E-state index contributed by atoms with van der Waals surface area (Å²) in [7, 11) is 12.8. The molecule has 0 fully saturated rings. The number of thioether (sulfide) groups is 1. The molecule has 0 aromatic carbocycles. The smallest absolute Gasteiger partial charge is 0.397 e. The van der Waals surface area contributed by atoms with Crippen molar-refractivity contribution in [3.63, 3.8) is 0 Å². The van der Waals surface area contributed by atoms with Crippen LogP contribution in [0, 0.1) is 0 Å². The van der Waals surface area contributed by atoms with E-state index in [1.807, 2.05) is 0 Å². The third kappa shape index (κ3) is 23.3. The summed E-state index contributed by atoms with van der Waals surface area (Å²) < 4.78 is 92.7. The molecule has 414 valence electrons. The van der Waals surface area contributed by atoms with E-state index in [2.05, 4.69) is 46.9 Å². The fourth-order valence-corrected chi connectivity index (χ4v) is 19.9. The average molecular weight is 1120 g/mol. The summed E-state index contributed by atoms with van der Waals surface area (Å²) in [4.78, 5) is 0. The molecule has 2 atom stereocenters. The predicted octanol–water partition coefficient (Wildman–Crippen LogP) is 5.22. The minimum Gasteiger partial charge on any atom is -0.397 e. The van der Waals surface area contributed by atoms with Gasteiger partial charge in [0, 0.05) is 147 Å². The Bertz CT molecular complexity index is 1050. The summed E-state index contributed by atoms with van der Waals surface area (Å²) in [5.74, 6) is 0. The van der Waals surface area contributed by atoms with Gasteiger partial charge in [0.2, 0.25) is 0 Å². The Morgan fingerprint density at radius 2 is 0.580 bits per heavy atom. The second-order valence-corrected chi connectivity index (χ2v) is 34.8. The van der Waals surface area contributed by atoms with Crippen LogP contribution in [0.1, 0.15) is 78.1 Å². The van der Waals surface area contributed by atoms with Crippen molar-refractivity contribution in [2.24, 2.45) is 0 Å². The Labute approximate surface area is 431 Å². The molecule has 0 aromatic heterocycles. The van der Waals surface area contributed by atoms with Crippen LogP contribution in [0.4, 0.5) is 0 Å². The molecule has 0 amide bonds. The van der Waals surface area contributed by atoms with Crippen LogP contribution in [0.5, 0.6) is 0 Å². The molecular weight excluding hydrogens is 1020 g/mol. The molecule has 2 unspecified atom stereocenters. The molecule has 0 saturated heterocycles. The van der Waals surface area contributed by atoms with E-state index in [1.165, 1.54) is 0 Å². The Morgan fingerprint density at radius 1 is 0.362 bits per heavy atom. The minimum atomic E-state index is -2.82. The van der Waals surface area contributed by atoms with Crippen molar-refractivity contribution in [3.8, 4) is 0 Å². The summed E-state index contributed by atoms with van der Waals surface area (Å²) in [6.07, 6.45) is 8.13. The largest absolute Gasteiger partial charge is 0.500 e. The van der Waals surface area contributed by atoms with Gasteiger partial charge >= 0.3 is 53.8 Å². The Balaban J connectivity index is 7.86. The molecule has 69 heavy (non-hydrogen) atoms. The van der Waals surface area contributed by atoms with Crippen LogP contribution in [0.3, 0.4) is 0 Å². The molecule has 0 bridgehead atoms. The molecule has 20 nitrogen and oxygen atoms in total. The second kappa shape index (κ2) is 39.3. The van der Waals surface area contributed by atoms with Crippen LogP contribution in [-0.4, -0.2) is 216 Å². The van der Waals surface area contributed by atoms with Crippen LogP contribution in [-0.2, 0) is 70.8 Å². The predicted molar refractivity (Wildman–Crippen MR) is 286 cm³/mol. The zero-order valence-corrected chi connectivity index (χ0v) is 53.1. The molecule has 0 aliphatic heterocycles. The van der Waals surface area contributed by atoms with Gasteiger partial charge in [0.05, 0.1) is 12.3 Å². The normalized spacial score (nSPS) is 15.0. The summed E-state index contributed by atoms with van der Waals surface area (Å²) in [5, 5.41) is 16.2. The SMILES string of the molecule is CCC(CCC[Si](OC)OC)(SC(CC)(CCC[Si](OC)OC)C(NCCC[Si](OC)(OC)OC)NCCC[Si](OC)(OC)OC)C(NCCC[Si](OC)(OC)OC)NCCC[Si](OC)(OC)OC. The number of nitrogens with one attached hydrogen (secondary N) is 4. The molecule has 0 aliphatic rings. The van der Waals surface area contributed by atoms with Gasteiger partial charge in [-0.1, -0.05) is 13.8 Å². The highest BCUT2D eigenvalue weighted by molar-refractivity contribution is 8.02. The summed E-state index contributed by atoms with van der Waals surface area (Å²) in [5.41, 5.74) is 0. The van der Waals surface area contributed by atoms with E-state index in [0.717, 1.165) is 76.3 Å². The van der Waals surface area contributed by atoms with Gasteiger partial charge in [0.15, 0.2) is 0 Å². The van der Waals surface area contributed by atoms with E-state index in [1.54, 1.807) is 114 Å². The van der Waals surface area contributed by atoms with E-state index in [0.29, 0.717) is 50.4 Å². The topological polar surface area (TPSA) is 196 Å². The number of hydrogen-bond acceptors (Lipinski definition) is 21. The molecule has 0 rings (SSSR count). The fourth-order valence-electron chi connectivity index (χ4n) is 8.78. The Kier molecular flexibility index (Phi) is 39.7. The molecule has 0 spiro atoms. The van der Waals surface area contributed by atoms with Gasteiger partial charge in [-0.15, -0.1) is 11.8 Å². The van der Waals surface area contributed by atoms with Gasteiger partial charge in [-0.05, 0) is 102 Å². The van der Waals surface area contributed by atoms with Crippen LogP contribution < -0.4 is 21.3 Å². The first-order valence-corrected chi connectivity index (χ1v) is 35.9. The number of hydrogen-bond donors (Lipinski definition) is 4. The zero-order chi connectivity index (χ0) is 52.3. The van der Waals surface area contributed by atoms with Gasteiger partial charge in [0.25, 0.3) is 0 Å². The first kappa shape index (κ1) is 69.9. The summed E-state index contributed by atoms with van der Waals surface area (Å²) in [6, 6.07) is 4.32. The maximum absolute atomic E-state index is 5.85. The van der Waals surface area contributed by atoms with Crippen LogP contribution in [0.2, 0.25) is 36.3 Å². The lowest BCUT2D eigenvalue weighted by atomic mass is 9.93. The third-order valence-corrected chi connectivity index (χ3v) is 30.2. The standard InChI is InChI=1S/C42H100N4O16SSi6/c1-19-41(27-21-33-64(47-3)48-4,39(43-29-23-35-66(51-7,52-8)53-9)44-30-24-36-67(54-10,55-11)56-12)63-42(20-2,28-22-34-65(49-5)50-6)40(45-31-25-37-68(57-13,58-14)59-15)46-32-26-38-69(60-16,61-17)62-18/h39-40,43-46H,19-38H2,1-18H3. The Morgan fingerprint density at radius 3 is 0.754 bits per heavy atom. The maximum atomic E-state index is 5.85. The van der Waals surface area contributed by atoms with Crippen molar-refractivity contribution in [1.29, 1.82) is 0 Å². The van der Waals surface area contributed by atoms with Crippen LogP contribution in [0.25, 0.3) is 0 Å². The molecule has 4 N–H and O–H groups in total. The van der Waals surface area contributed by atoms with Crippen molar-refractivity contribution >= 4 is 65.5 Å². The second-order valence-electron chi connectivity index (χ2n) is 16.5. The quantitative estimate of drug-likeness (QED) is 0.0351. The van der Waals surface area contributed by atoms with E-state index in [9.17, 15) is 0 Å².